The molecule has 1 heterocycles. The van der Waals surface area contributed by atoms with Crippen LogP contribution in [0.2, 0.25) is 0 Å². The highest BCUT2D eigenvalue weighted by Gasteiger charge is 2.29. The number of nitrogens with one attached hydrogen (secondary N) is 2. The minimum absolute atomic E-state index is 0.0215. The van der Waals surface area contributed by atoms with Gasteiger partial charge in [0, 0.05) is 30.8 Å². The molecular weight excluding hydrogens is 318 g/mol. The van der Waals surface area contributed by atoms with Crippen molar-refractivity contribution in [3.05, 3.63) is 24.3 Å². The smallest absolute Gasteiger partial charge is 0.260 e. The van der Waals surface area contributed by atoms with Crippen LogP contribution in [-0.4, -0.2) is 50.0 Å². The SMILES string of the molecule is CNCC1CCCN(C(=O)COc2cccc(NC(=O)C3CC3)c2)C1. The number of carbonyl (C=O) groups excluding carboxylic acids is 2. The summed E-state index contributed by atoms with van der Waals surface area (Å²) in [7, 11) is 1.94. The van der Waals surface area contributed by atoms with Crippen LogP contribution in [-0.2, 0) is 9.59 Å². The van der Waals surface area contributed by atoms with Gasteiger partial charge in [-0.05, 0) is 57.3 Å². The van der Waals surface area contributed by atoms with Crippen molar-refractivity contribution >= 4 is 17.5 Å². The fourth-order valence-corrected chi connectivity index (χ4v) is 3.24. The summed E-state index contributed by atoms with van der Waals surface area (Å²) < 4.78 is 5.66. The van der Waals surface area contributed by atoms with Crippen LogP contribution >= 0.6 is 0 Å². The molecule has 0 aromatic heterocycles. The molecule has 1 unspecified atom stereocenters. The van der Waals surface area contributed by atoms with Crippen molar-refractivity contribution < 1.29 is 14.3 Å². The molecule has 0 spiro atoms. The second-order valence-corrected chi connectivity index (χ2v) is 6.99. The normalized spacial score (nSPS) is 20.2. The van der Waals surface area contributed by atoms with E-state index in [4.69, 9.17) is 4.74 Å². The molecule has 2 aliphatic rings. The van der Waals surface area contributed by atoms with Crippen molar-refractivity contribution in [1.29, 1.82) is 0 Å². The fourth-order valence-electron chi connectivity index (χ4n) is 3.24. The summed E-state index contributed by atoms with van der Waals surface area (Å²) in [6.07, 6.45) is 4.15. The lowest BCUT2D eigenvalue weighted by molar-refractivity contribution is -0.135. The van der Waals surface area contributed by atoms with E-state index in [-0.39, 0.29) is 24.3 Å². The van der Waals surface area contributed by atoms with E-state index in [1.807, 2.05) is 24.1 Å². The molecule has 6 heteroatoms. The summed E-state index contributed by atoms with van der Waals surface area (Å²) in [4.78, 5) is 26.1. The summed E-state index contributed by atoms with van der Waals surface area (Å²) in [6.45, 7) is 2.57. The first-order valence-electron chi connectivity index (χ1n) is 9.12. The molecule has 1 aromatic rings. The van der Waals surface area contributed by atoms with Gasteiger partial charge in [-0.1, -0.05) is 6.07 Å². The van der Waals surface area contributed by atoms with Crippen LogP contribution in [0.15, 0.2) is 24.3 Å². The lowest BCUT2D eigenvalue weighted by atomic mass is 9.98. The van der Waals surface area contributed by atoms with Gasteiger partial charge in [0.05, 0.1) is 0 Å². The van der Waals surface area contributed by atoms with E-state index in [0.717, 1.165) is 45.3 Å². The quantitative estimate of drug-likeness (QED) is 0.791. The molecule has 1 aliphatic heterocycles. The second kappa shape index (κ2) is 8.34. The number of rotatable bonds is 7. The highest BCUT2D eigenvalue weighted by Crippen LogP contribution is 2.30. The molecule has 1 aromatic carbocycles. The molecule has 0 bridgehead atoms. The highest BCUT2D eigenvalue weighted by atomic mass is 16.5. The van der Waals surface area contributed by atoms with Crippen LogP contribution in [0.5, 0.6) is 5.75 Å². The minimum atomic E-state index is 0.0215. The molecule has 2 N–H and O–H groups in total. The molecule has 6 nitrogen and oxygen atoms in total. The zero-order chi connectivity index (χ0) is 17.6. The number of hydrogen-bond acceptors (Lipinski definition) is 4. The Kier molecular flexibility index (Phi) is 5.91. The van der Waals surface area contributed by atoms with Crippen molar-refractivity contribution in [2.24, 2.45) is 11.8 Å². The standard InChI is InChI=1S/C19H27N3O3/c1-20-11-14-4-3-9-22(12-14)18(23)13-25-17-6-2-5-16(10-17)21-19(24)15-7-8-15/h2,5-6,10,14-15,20H,3-4,7-9,11-13H2,1H3,(H,21,24). The lowest BCUT2D eigenvalue weighted by Crippen LogP contribution is -2.44. The van der Waals surface area contributed by atoms with Crippen molar-refractivity contribution in [3.8, 4) is 5.75 Å². The molecule has 0 radical (unpaired) electrons. The molecule has 1 saturated carbocycles. The van der Waals surface area contributed by atoms with Crippen LogP contribution in [0.1, 0.15) is 25.7 Å². The maximum absolute atomic E-state index is 12.4. The van der Waals surface area contributed by atoms with Gasteiger partial charge in [-0.15, -0.1) is 0 Å². The summed E-state index contributed by atoms with van der Waals surface area (Å²) in [5.41, 5.74) is 0.717. The van der Waals surface area contributed by atoms with Crippen LogP contribution in [0.4, 0.5) is 5.69 Å². The Morgan fingerprint density at radius 1 is 1.28 bits per heavy atom. The molecule has 2 amide bonds. The van der Waals surface area contributed by atoms with Gasteiger partial charge in [-0.2, -0.15) is 0 Å². The molecule has 3 rings (SSSR count). The average molecular weight is 345 g/mol. The zero-order valence-corrected chi connectivity index (χ0v) is 14.8. The predicted molar refractivity (Wildman–Crippen MR) is 96.5 cm³/mol. The average Bonchev–Trinajstić information content (AvgIpc) is 3.46. The van der Waals surface area contributed by atoms with Crippen molar-refractivity contribution in [2.45, 2.75) is 25.7 Å². The molecule has 1 aliphatic carbocycles. The van der Waals surface area contributed by atoms with Gasteiger partial charge in [-0.25, -0.2) is 0 Å². The first-order chi connectivity index (χ1) is 12.2. The number of hydrogen-bond donors (Lipinski definition) is 2. The highest BCUT2D eigenvalue weighted by molar-refractivity contribution is 5.94. The van der Waals surface area contributed by atoms with Crippen molar-refractivity contribution in [2.75, 3.05) is 38.6 Å². The van der Waals surface area contributed by atoms with E-state index in [9.17, 15) is 9.59 Å². The first kappa shape index (κ1) is 17.7. The van der Waals surface area contributed by atoms with E-state index in [1.54, 1.807) is 12.1 Å². The maximum atomic E-state index is 12.4. The number of nitrogens with zero attached hydrogens (tertiary/aromatic N) is 1. The third-order valence-corrected chi connectivity index (χ3v) is 4.78. The Morgan fingerprint density at radius 3 is 2.88 bits per heavy atom. The zero-order valence-electron chi connectivity index (χ0n) is 14.8. The molecule has 2 fully saturated rings. The van der Waals surface area contributed by atoms with Crippen LogP contribution in [0.25, 0.3) is 0 Å². The largest absolute Gasteiger partial charge is 0.484 e. The molecular formula is C19H27N3O3. The second-order valence-electron chi connectivity index (χ2n) is 6.99. The first-order valence-corrected chi connectivity index (χ1v) is 9.12. The van der Waals surface area contributed by atoms with E-state index in [1.165, 1.54) is 0 Å². The Hall–Kier alpha value is -2.08. The predicted octanol–water partition coefficient (Wildman–Crippen LogP) is 1.87. The Morgan fingerprint density at radius 2 is 2.12 bits per heavy atom. The number of benzene rings is 1. The topological polar surface area (TPSA) is 70.7 Å². The monoisotopic (exact) mass is 345 g/mol. The third-order valence-electron chi connectivity index (χ3n) is 4.78. The van der Waals surface area contributed by atoms with Crippen LogP contribution < -0.4 is 15.4 Å². The molecule has 1 atom stereocenters. The van der Waals surface area contributed by atoms with Gasteiger partial charge in [0.1, 0.15) is 5.75 Å². The molecule has 1 saturated heterocycles. The van der Waals surface area contributed by atoms with Gasteiger partial charge < -0.3 is 20.3 Å². The van der Waals surface area contributed by atoms with E-state index in [2.05, 4.69) is 10.6 Å². The van der Waals surface area contributed by atoms with E-state index < -0.39 is 0 Å². The Labute approximate surface area is 148 Å². The van der Waals surface area contributed by atoms with E-state index in [0.29, 0.717) is 17.4 Å². The minimum Gasteiger partial charge on any atom is -0.484 e. The number of carbonyl (C=O) groups is 2. The van der Waals surface area contributed by atoms with Gasteiger partial charge in [0.25, 0.3) is 5.91 Å². The molecule has 136 valence electrons. The Bertz CT molecular complexity index is 614. The number of ether oxygens (including phenoxy) is 1. The summed E-state index contributed by atoms with van der Waals surface area (Å²) >= 11 is 0. The van der Waals surface area contributed by atoms with Crippen molar-refractivity contribution in [3.63, 3.8) is 0 Å². The van der Waals surface area contributed by atoms with Crippen LogP contribution in [0, 0.1) is 11.8 Å². The third kappa shape index (κ3) is 5.19. The number of piperidine rings is 1. The Balaban J connectivity index is 1.49. The van der Waals surface area contributed by atoms with Gasteiger partial charge in [0.15, 0.2) is 6.61 Å². The van der Waals surface area contributed by atoms with Gasteiger partial charge in [0.2, 0.25) is 5.91 Å². The number of anilines is 1. The molecule has 25 heavy (non-hydrogen) atoms. The lowest BCUT2D eigenvalue weighted by Gasteiger charge is -2.32. The summed E-state index contributed by atoms with van der Waals surface area (Å²) in [5.74, 6) is 1.37. The maximum Gasteiger partial charge on any atom is 0.260 e. The number of likely N-dealkylation sites (tertiary alicyclic amines) is 1. The van der Waals surface area contributed by atoms with Crippen LogP contribution in [0.3, 0.4) is 0 Å². The fraction of sp³-hybridized carbons (Fsp3) is 0.579. The van der Waals surface area contributed by atoms with Gasteiger partial charge >= 0.3 is 0 Å². The number of amides is 2. The summed E-state index contributed by atoms with van der Waals surface area (Å²) in [6, 6.07) is 7.24. The van der Waals surface area contributed by atoms with Gasteiger partial charge in [-0.3, -0.25) is 9.59 Å². The summed E-state index contributed by atoms with van der Waals surface area (Å²) in [5, 5.41) is 6.08. The van der Waals surface area contributed by atoms with E-state index >= 15 is 0 Å². The van der Waals surface area contributed by atoms with Crippen molar-refractivity contribution in [1.82, 2.24) is 10.2 Å².